The molecule has 0 aliphatic rings. The van der Waals surface area contributed by atoms with Crippen LogP contribution in [0.25, 0.3) is 0 Å². The number of carbonyl (C=O) groups excluding carboxylic acids is 1. The number of nitrogens with zero attached hydrogens (tertiary/aromatic N) is 1. The summed E-state index contributed by atoms with van der Waals surface area (Å²) >= 11 is 0. The molecule has 0 spiro atoms. The van der Waals surface area contributed by atoms with E-state index in [2.05, 4.69) is 38.0 Å². The number of nitrogens with one attached hydrogen (secondary N) is 1. The maximum absolute atomic E-state index is 11.3. The largest absolute Gasteiger partial charge is 0.368 e. The fourth-order valence-corrected chi connectivity index (χ4v) is 2.09. The minimum Gasteiger partial charge on any atom is -0.368 e. The Labute approximate surface area is 106 Å². The van der Waals surface area contributed by atoms with E-state index in [1.807, 2.05) is 0 Å². The van der Waals surface area contributed by atoms with E-state index >= 15 is 0 Å². The lowest BCUT2D eigenvalue weighted by Gasteiger charge is -2.27. The summed E-state index contributed by atoms with van der Waals surface area (Å²) < 4.78 is 0. The Morgan fingerprint density at radius 2 is 1.88 bits per heavy atom. The predicted octanol–water partition coefficient (Wildman–Crippen LogP) is 1.35. The summed E-state index contributed by atoms with van der Waals surface area (Å²) in [7, 11) is 2.12. The highest BCUT2D eigenvalue weighted by Crippen LogP contribution is 2.07. The van der Waals surface area contributed by atoms with Crippen molar-refractivity contribution in [3.63, 3.8) is 0 Å². The molecule has 0 saturated carbocycles. The number of amides is 1. The van der Waals surface area contributed by atoms with Crippen molar-refractivity contribution in [3.8, 4) is 0 Å². The average molecular weight is 243 g/mol. The molecule has 0 aromatic heterocycles. The lowest BCUT2D eigenvalue weighted by atomic mass is 10.1. The van der Waals surface area contributed by atoms with Gasteiger partial charge in [-0.25, -0.2) is 0 Å². The fraction of sp³-hybridized carbons (Fsp3) is 0.923. The summed E-state index contributed by atoms with van der Waals surface area (Å²) in [6, 6.07) is 0.418. The van der Waals surface area contributed by atoms with Crippen molar-refractivity contribution in [2.75, 3.05) is 20.1 Å². The molecule has 0 fully saturated rings. The van der Waals surface area contributed by atoms with E-state index < -0.39 is 0 Å². The van der Waals surface area contributed by atoms with Crippen LogP contribution in [0.5, 0.6) is 0 Å². The third kappa shape index (κ3) is 6.64. The van der Waals surface area contributed by atoms with Crippen LogP contribution in [0.1, 0.15) is 46.5 Å². The molecular formula is C13H29N3O. The molecule has 4 nitrogen and oxygen atoms in total. The van der Waals surface area contributed by atoms with Crippen LogP contribution in [0.15, 0.2) is 0 Å². The summed E-state index contributed by atoms with van der Waals surface area (Å²) in [4.78, 5) is 13.6. The monoisotopic (exact) mass is 243 g/mol. The molecule has 1 amide bonds. The molecule has 0 saturated heterocycles. The number of carbonyl (C=O) groups is 1. The molecule has 0 aromatic rings. The zero-order chi connectivity index (χ0) is 13.3. The van der Waals surface area contributed by atoms with Gasteiger partial charge in [-0.2, -0.15) is 0 Å². The van der Waals surface area contributed by atoms with Crippen molar-refractivity contribution in [1.29, 1.82) is 0 Å². The van der Waals surface area contributed by atoms with Crippen LogP contribution in [-0.2, 0) is 4.79 Å². The highest BCUT2D eigenvalue weighted by Gasteiger charge is 2.17. The van der Waals surface area contributed by atoms with Gasteiger partial charge in [0, 0.05) is 12.6 Å². The van der Waals surface area contributed by atoms with Gasteiger partial charge in [-0.3, -0.25) is 4.79 Å². The van der Waals surface area contributed by atoms with Gasteiger partial charge in [0.1, 0.15) is 0 Å². The molecule has 0 aliphatic carbocycles. The first kappa shape index (κ1) is 16.4. The van der Waals surface area contributed by atoms with Crippen molar-refractivity contribution >= 4 is 5.91 Å². The molecule has 1 atom stereocenters. The maximum atomic E-state index is 11.3. The highest BCUT2D eigenvalue weighted by molar-refractivity contribution is 5.79. The Balaban J connectivity index is 4.06. The first-order valence-electron chi connectivity index (χ1n) is 6.79. The van der Waals surface area contributed by atoms with Crippen LogP contribution in [-0.4, -0.2) is 43.0 Å². The molecule has 0 rings (SSSR count). The standard InChI is InChI=1S/C13H29N3O/c1-5-9-15-12(13(14)17)8-10-16(4)11(6-2)7-3/h11-12,15H,5-10H2,1-4H3,(H2,14,17). The second kappa shape index (κ2) is 9.42. The minimum atomic E-state index is -0.239. The lowest BCUT2D eigenvalue weighted by Crippen LogP contribution is -2.44. The van der Waals surface area contributed by atoms with Crippen LogP contribution in [0, 0.1) is 0 Å². The third-order valence-corrected chi connectivity index (χ3v) is 3.32. The fourth-order valence-electron chi connectivity index (χ4n) is 2.09. The average Bonchev–Trinajstić information content (AvgIpc) is 2.30. The number of rotatable bonds is 10. The molecular weight excluding hydrogens is 214 g/mol. The first-order chi connectivity index (χ1) is 8.06. The normalized spacial score (nSPS) is 13.3. The summed E-state index contributed by atoms with van der Waals surface area (Å²) in [5, 5.41) is 3.20. The van der Waals surface area contributed by atoms with Crippen molar-refractivity contribution in [2.45, 2.75) is 58.5 Å². The third-order valence-electron chi connectivity index (χ3n) is 3.32. The van der Waals surface area contributed by atoms with E-state index in [9.17, 15) is 4.79 Å². The van der Waals surface area contributed by atoms with Gasteiger partial charge < -0.3 is 16.0 Å². The van der Waals surface area contributed by atoms with Gasteiger partial charge in [-0.05, 0) is 39.3 Å². The zero-order valence-corrected chi connectivity index (χ0v) is 11.8. The van der Waals surface area contributed by atoms with E-state index in [1.165, 1.54) is 0 Å². The molecule has 0 heterocycles. The Kier molecular flexibility index (Phi) is 9.09. The Morgan fingerprint density at radius 3 is 2.29 bits per heavy atom. The van der Waals surface area contributed by atoms with Crippen molar-refractivity contribution in [3.05, 3.63) is 0 Å². The van der Waals surface area contributed by atoms with Gasteiger partial charge in [0.15, 0.2) is 0 Å². The molecule has 3 N–H and O–H groups in total. The molecule has 1 unspecified atom stereocenters. The van der Waals surface area contributed by atoms with Crippen LogP contribution in [0.4, 0.5) is 0 Å². The molecule has 0 bridgehead atoms. The summed E-state index contributed by atoms with van der Waals surface area (Å²) in [5.74, 6) is -0.239. The Hall–Kier alpha value is -0.610. The number of hydrogen-bond acceptors (Lipinski definition) is 3. The van der Waals surface area contributed by atoms with Gasteiger partial charge in [0.05, 0.1) is 6.04 Å². The Morgan fingerprint density at radius 1 is 1.29 bits per heavy atom. The molecule has 0 aromatic carbocycles. The predicted molar refractivity (Wildman–Crippen MR) is 72.9 cm³/mol. The Bertz CT molecular complexity index is 205. The van der Waals surface area contributed by atoms with Crippen LogP contribution in [0.3, 0.4) is 0 Å². The van der Waals surface area contributed by atoms with Gasteiger partial charge in [-0.15, -0.1) is 0 Å². The van der Waals surface area contributed by atoms with E-state index in [-0.39, 0.29) is 11.9 Å². The minimum absolute atomic E-state index is 0.188. The van der Waals surface area contributed by atoms with Gasteiger partial charge >= 0.3 is 0 Å². The molecule has 17 heavy (non-hydrogen) atoms. The second-order valence-corrected chi connectivity index (χ2v) is 4.65. The zero-order valence-electron chi connectivity index (χ0n) is 11.8. The quantitative estimate of drug-likeness (QED) is 0.609. The SMILES string of the molecule is CCCNC(CCN(C)C(CC)CC)C(N)=O. The smallest absolute Gasteiger partial charge is 0.234 e. The van der Waals surface area contributed by atoms with E-state index in [4.69, 9.17) is 5.73 Å². The number of hydrogen-bond donors (Lipinski definition) is 2. The van der Waals surface area contributed by atoms with E-state index in [1.54, 1.807) is 0 Å². The van der Waals surface area contributed by atoms with Gasteiger partial charge in [0.2, 0.25) is 5.91 Å². The van der Waals surface area contributed by atoms with Crippen LogP contribution >= 0.6 is 0 Å². The second-order valence-electron chi connectivity index (χ2n) is 4.65. The molecule has 102 valence electrons. The van der Waals surface area contributed by atoms with Crippen molar-refractivity contribution < 1.29 is 4.79 Å². The molecule has 4 heteroatoms. The molecule has 0 aliphatic heterocycles. The van der Waals surface area contributed by atoms with Crippen LogP contribution < -0.4 is 11.1 Å². The van der Waals surface area contributed by atoms with Gasteiger partial charge in [-0.1, -0.05) is 20.8 Å². The van der Waals surface area contributed by atoms with E-state index in [0.717, 1.165) is 38.8 Å². The maximum Gasteiger partial charge on any atom is 0.234 e. The lowest BCUT2D eigenvalue weighted by molar-refractivity contribution is -0.120. The van der Waals surface area contributed by atoms with E-state index in [0.29, 0.717) is 6.04 Å². The topological polar surface area (TPSA) is 58.4 Å². The van der Waals surface area contributed by atoms with Crippen LogP contribution in [0.2, 0.25) is 0 Å². The first-order valence-corrected chi connectivity index (χ1v) is 6.79. The van der Waals surface area contributed by atoms with Gasteiger partial charge in [0.25, 0.3) is 0 Å². The molecule has 0 radical (unpaired) electrons. The highest BCUT2D eigenvalue weighted by atomic mass is 16.1. The van der Waals surface area contributed by atoms with Crippen molar-refractivity contribution in [1.82, 2.24) is 10.2 Å². The number of primary amides is 1. The van der Waals surface area contributed by atoms with Crippen molar-refractivity contribution in [2.24, 2.45) is 5.73 Å². The summed E-state index contributed by atoms with van der Waals surface area (Å²) in [5.41, 5.74) is 5.38. The summed E-state index contributed by atoms with van der Waals surface area (Å²) in [6.45, 7) is 8.25. The summed E-state index contributed by atoms with van der Waals surface area (Å²) in [6.07, 6.45) is 4.11. The number of nitrogens with two attached hydrogens (primary N) is 1.